The molecule has 2 rings (SSSR count). The number of nitrogens with two attached hydrogens (primary N) is 1. The van der Waals surface area contributed by atoms with E-state index < -0.39 is 10.0 Å². The van der Waals surface area contributed by atoms with Crippen molar-refractivity contribution in [3.63, 3.8) is 0 Å². The summed E-state index contributed by atoms with van der Waals surface area (Å²) in [6.45, 7) is 0. The maximum absolute atomic E-state index is 12.4. The zero-order valence-electron chi connectivity index (χ0n) is 10.1. The molecule has 108 valence electrons. The molecular weight excluding hydrogens is 435 g/mol. The third-order valence-corrected chi connectivity index (χ3v) is 5.50. The lowest BCUT2D eigenvalue weighted by Gasteiger charge is -2.12. The summed E-state index contributed by atoms with van der Waals surface area (Å²) in [5, 5.41) is 3.73. The molecule has 6 nitrogen and oxygen atoms in total. The Balaban J connectivity index is 2.50. The molecule has 1 aromatic heterocycles. The molecule has 1 aromatic carbocycles. The van der Waals surface area contributed by atoms with Gasteiger partial charge in [0.2, 0.25) is 0 Å². The highest BCUT2D eigenvalue weighted by Gasteiger charge is 2.24. The first-order valence-corrected chi connectivity index (χ1v) is 8.62. The van der Waals surface area contributed by atoms with E-state index >= 15 is 0 Å². The molecule has 0 amide bonds. The number of halogens is 3. The average molecular weight is 445 g/mol. The number of rotatable bonds is 3. The largest absolute Gasteiger partial charge is 0.399 e. The lowest BCUT2D eigenvalue weighted by atomic mass is 10.3. The predicted octanol–water partition coefficient (Wildman–Crippen LogP) is 2.98. The van der Waals surface area contributed by atoms with E-state index in [-0.39, 0.29) is 10.0 Å². The Kier molecular flexibility index (Phi) is 4.33. The topological polar surface area (TPSA) is 90.0 Å². The molecule has 0 saturated heterocycles. The van der Waals surface area contributed by atoms with Crippen molar-refractivity contribution in [3.8, 4) is 0 Å². The fourth-order valence-corrected chi connectivity index (χ4v) is 5.02. The molecule has 0 radical (unpaired) electrons. The molecule has 0 fully saturated rings. The van der Waals surface area contributed by atoms with Gasteiger partial charge in [0.05, 0.1) is 16.9 Å². The second kappa shape index (κ2) is 5.55. The number of aromatic nitrogens is 2. The van der Waals surface area contributed by atoms with E-state index in [2.05, 4.69) is 41.7 Å². The Hall–Kier alpha value is -0.770. The van der Waals surface area contributed by atoms with E-state index in [0.717, 1.165) is 0 Å². The second-order valence-electron chi connectivity index (χ2n) is 3.89. The van der Waals surface area contributed by atoms with E-state index in [1.54, 1.807) is 12.1 Å². The minimum atomic E-state index is -3.87. The van der Waals surface area contributed by atoms with E-state index in [1.165, 1.54) is 17.9 Å². The van der Waals surface area contributed by atoms with E-state index in [0.29, 0.717) is 20.3 Å². The van der Waals surface area contributed by atoms with Crippen LogP contribution in [-0.4, -0.2) is 18.2 Å². The van der Waals surface area contributed by atoms with Crippen LogP contribution in [0.1, 0.15) is 0 Å². The summed E-state index contributed by atoms with van der Waals surface area (Å²) in [6.07, 6.45) is 1.27. The van der Waals surface area contributed by atoms with Crippen molar-refractivity contribution in [2.45, 2.75) is 5.03 Å². The molecular formula is C10H9Br2ClN4O2S. The summed E-state index contributed by atoms with van der Waals surface area (Å²) in [5.41, 5.74) is 6.48. The van der Waals surface area contributed by atoms with Crippen molar-refractivity contribution in [1.29, 1.82) is 0 Å². The first kappa shape index (κ1) is 15.6. The molecule has 0 aliphatic carbocycles. The maximum atomic E-state index is 12.4. The van der Waals surface area contributed by atoms with Crippen LogP contribution in [-0.2, 0) is 17.1 Å². The van der Waals surface area contributed by atoms with Crippen LogP contribution in [0.3, 0.4) is 0 Å². The highest BCUT2D eigenvalue weighted by Crippen LogP contribution is 2.35. The Morgan fingerprint density at radius 3 is 2.35 bits per heavy atom. The highest BCUT2D eigenvalue weighted by molar-refractivity contribution is 9.11. The van der Waals surface area contributed by atoms with Gasteiger partial charge in [-0.3, -0.25) is 9.40 Å². The molecule has 0 saturated carbocycles. The Labute approximate surface area is 137 Å². The predicted molar refractivity (Wildman–Crippen MR) is 85.3 cm³/mol. The molecule has 0 unspecified atom stereocenters. The number of benzene rings is 1. The van der Waals surface area contributed by atoms with Crippen molar-refractivity contribution in [2.24, 2.45) is 7.05 Å². The Morgan fingerprint density at radius 1 is 1.35 bits per heavy atom. The highest BCUT2D eigenvalue weighted by atomic mass is 79.9. The van der Waals surface area contributed by atoms with Gasteiger partial charge in [-0.25, -0.2) is 0 Å². The lowest BCUT2D eigenvalue weighted by Crippen LogP contribution is -2.17. The monoisotopic (exact) mass is 442 g/mol. The molecule has 2 aromatic rings. The zero-order chi connectivity index (χ0) is 15.1. The van der Waals surface area contributed by atoms with Crippen LogP contribution in [0.2, 0.25) is 5.02 Å². The van der Waals surface area contributed by atoms with Gasteiger partial charge < -0.3 is 5.73 Å². The van der Waals surface area contributed by atoms with Gasteiger partial charge in [-0.2, -0.15) is 13.5 Å². The Morgan fingerprint density at radius 2 is 1.90 bits per heavy atom. The second-order valence-corrected chi connectivity index (χ2v) is 7.60. The molecule has 20 heavy (non-hydrogen) atoms. The van der Waals surface area contributed by atoms with Gasteiger partial charge in [0, 0.05) is 21.7 Å². The summed E-state index contributed by atoms with van der Waals surface area (Å²) in [7, 11) is -2.38. The number of hydrogen-bond acceptors (Lipinski definition) is 4. The third-order valence-electron chi connectivity index (χ3n) is 2.40. The fraction of sp³-hybridized carbons (Fsp3) is 0.100. The first-order chi connectivity index (χ1) is 9.22. The van der Waals surface area contributed by atoms with Gasteiger partial charge in [-0.05, 0) is 44.0 Å². The average Bonchev–Trinajstić information content (AvgIpc) is 2.64. The van der Waals surface area contributed by atoms with Crippen molar-refractivity contribution >= 4 is 64.9 Å². The molecule has 0 aliphatic rings. The number of nitrogens with zero attached hydrogens (tertiary/aromatic N) is 2. The minimum absolute atomic E-state index is 0.0442. The van der Waals surface area contributed by atoms with Gasteiger partial charge in [-0.1, -0.05) is 11.6 Å². The zero-order valence-corrected chi connectivity index (χ0v) is 14.8. The van der Waals surface area contributed by atoms with Gasteiger partial charge in [0.25, 0.3) is 10.0 Å². The van der Waals surface area contributed by atoms with Gasteiger partial charge in [0.1, 0.15) is 0 Å². The molecule has 1 heterocycles. The van der Waals surface area contributed by atoms with Crippen LogP contribution >= 0.6 is 43.5 Å². The van der Waals surface area contributed by atoms with Gasteiger partial charge in [-0.15, -0.1) is 0 Å². The van der Waals surface area contributed by atoms with Crippen molar-refractivity contribution in [3.05, 3.63) is 32.3 Å². The number of nitrogens with one attached hydrogen (secondary N) is 1. The summed E-state index contributed by atoms with van der Waals surface area (Å²) >= 11 is 12.4. The van der Waals surface area contributed by atoms with Gasteiger partial charge in [0.15, 0.2) is 5.03 Å². The quantitative estimate of drug-likeness (QED) is 0.713. The lowest BCUT2D eigenvalue weighted by molar-refractivity contribution is 0.582. The summed E-state index contributed by atoms with van der Waals surface area (Å²) in [4.78, 5) is 0. The van der Waals surface area contributed by atoms with E-state index in [9.17, 15) is 8.42 Å². The number of aryl methyl sites for hydroxylation is 1. The summed E-state index contributed by atoms with van der Waals surface area (Å²) in [6, 6.07) is 3.18. The standard InChI is InChI=1S/C10H9Br2ClN4O2S/c1-17-10(8(13)4-15-17)20(18,19)16-9-6(11)2-5(14)3-7(9)12/h2-4,16H,14H2,1H3. The van der Waals surface area contributed by atoms with Crippen LogP contribution < -0.4 is 10.5 Å². The van der Waals surface area contributed by atoms with Crippen LogP contribution in [0, 0.1) is 0 Å². The summed E-state index contributed by atoms with van der Waals surface area (Å²) < 4.78 is 29.4. The molecule has 10 heteroatoms. The molecule has 0 aliphatic heterocycles. The number of hydrogen-bond donors (Lipinski definition) is 2. The normalized spacial score (nSPS) is 11.6. The van der Waals surface area contributed by atoms with Crippen molar-refractivity contribution in [1.82, 2.24) is 9.78 Å². The number of anilines is 2. The number of sulfonamides is 1. The van der Waals surface area contributed by atoms with E-state index in [1.807, 2.05) is 0 Å². The van der Waals surface area contributed by atoms with Crippen LogP contribution in [0.5, 0.6) is 0 Å². The number of nitrogen functional groups attached to an aromatic ring is 1. The maximum Gasteiger partial charge on any atom is 0.280 e. The van der Waals surface area contributed by atoms with Crippen LogP contribution in [0.4, 0.5) is 11.4 Å². The van der Waals surface area contributed by atoms with E-state index in [4.69, 9.17) is 17.3 Å². The molecule has 0 atom stereocenters. The Bertz CT molecular complexity index is 733. The minimum Gasteiger partial charge on any atom is -0.399 e. The fourth-order valence-electron chi connectivity index (χ4n) is 1.57. The van der Waals surface area contributed by atoms with Gasteiger partial charge >= 0.3 is 0 Å². The smallest absolute Gasteiger partial charge is 0.280 e. The van der Waals surface area contributed by atoms with Crippen molar-refractivity contribution < 1.29 is 8.42 Å². The summed E-state index contributed by atoms with van der Waals surface area (Å²) in [5.74, 6) is 0. The van der Waals surface area contributed by atoms with Crippen LogP contribution in [0.15, 0.2) is 32.3 Å². The van der Waals surface area contributed by atoms with Crippen LogP contribution in [0.25, 0.3) is 0 Å². The third kappa shape index (κ3) is 2.95. The van der Waals surface area contributed by atoms with Crippen molar-refractivity contribution in [2.75, 3.05) is 10.5 Å². The molecule has 0 spiro atoms. The first-order valence-electron chi connectivity index (χ1n) is 5.17. The SMILES string of the molecule is Cn1ncc(Cl)c1S(=O)(=O)Nc1c(Br)cc(N)cc1Br. The molecule has 0 bridgehead atoms. The molecule has 3 N–H and O–H groups in total.